The van der Waals surface area contributed by atoms with Crippen molar-refractivity contribution >= 4 is 5.91 Å². The van der Waals surface area contributed by atoms with Crippen molar-refractivity contribution in [2.75, 3.05) is 13.1 Å². The van der Waals surface area contributed by atoms with Crippen LogP contribution in [0.25, 0.3) is 0 Å². The SMILES string of the molecule is CC(C)[C@H]1CN(C(=O)c2cccc(=O)[nH]2)C[C@@H](c2ccccc2)O1. The Bertz CT molecular complexity index is 754. The first-order valence-electron chi connectivity index (χ1n) is 8.23. The number of benzene rings is 1. The summed E-state index contributed by atoms with van der Waals surface area (Å²) in [6.07, 6.45) is -0.199. The number of carbonyl (C=O) groups is 1. The molecule has 0 bridgehead atoms. The number of pyridine rings is 1. The monoisotopic (exact) mass is 326 g/mol. The first-order valence-corrected chi connectivity index (χ1v) is 8.23. The van der Waals surface area contributed by atoms with E-state index in [0.29, 0.717) is 24.7 Å². The van der Waals surface area contributed by atoms with E-state index in [4.69, 9.17) is 4.74 Å². The number of hydrogen-bond acceptors (Lipinski definition) is 3. The molecular formula is C19H22N2O3. The van der Waals surface area contributed by atoms with Gasteiger partial charge < -0.3 is 14.6 Å². The molecule has 1 amide bonds. The normalized spacial score (nSPS) is 21.0. The van der Waals surface area contributed by atoms with Gasteiger partial charge in [-0.15, -0.1) is 0 Å². The van der Waals surface area contributed by atoms with Gasteiger partial charge in [0, 0.05) is 12.6 Å². The van der Waals surface area contributed by atoms with Gasteiger partial charge in [0.15, 0.2) is 0 Å². The van der Waals surface area contributed by atoms with E-state index in [1.54, 1.807) is 17.0 Å². The third-order valence-corrected chi connectivity index (χ3v) is 4.33. The number of aromatic nitrogens is 1. The van der Waals surface area contributed by atoms with Crippen molar-refractivity contribution in [3.63, 3.8) is 0 Å². The molecular weight excluding hydrogens is 304 g/mol. The maximum Gasteiger partial charge on any atom is 0.270 e. The van der Waals surface area contributed by atoms with Gasteiger partial charge in [-0.3, -0.25) is 9.59 Å². The molecule has 3 rings (SSSR count). The third kappa shape index (κ3) is 3.57. The van der Waals surface area contributed by atoms with E-state index in [0.717, 1.165) is 5.56 Å². The fourth-order valence-electron chi connectivity index (χ4n) is 2.92. The molecule has 1 fully saturated rings. The second-order valence-corrected chi connectivity index (χ2v) is 6.46. The van der Waals surface area contributed by atoms with Crippen LogP contribution in [0.5, 0.6) is 0 Å². The van der Waals surface area contributed by atoms with E-state index in [1.807, 2.05) is 30.3 Å². The highest BCUT2D eigenvalue weighted by atomic mass is 16.5. The van der Waals surface area contributed by atoms with Gasteiger partial charge in [0.25, 0.3) is 5.91 Å². The Morgan fingerprint density at radius 2 is 1.88 bits per heavy atom. The molecule has 1 N–H and O–H groups in total. The molecule has 1 aliphatic heterocycles. The number of hydrogen-bond donors (Lipinski definition) is 1. The fourth-order valence-corrected chi connectivity index (χ4v) is 2.92. The molecule has 2 aromatic rings. The van der Waals surface area contributed by atoms with Gasteiger partial charge in [0.05, 0.1) is 12.6 Å². The summed E-state index contributed by atoms with van der Waals surface area (Å²) >= 11 is 0. The molecule has 0 unspecified atom stereocenters. The van der Waals surface area contributed by atoms with Crippen LogP contribution in [0.3, 0.4) is 0 Å². The summed E-state index contributed by atoms with van der Waals surface area (Å²) in [4.78, 5) is 28.7. The second-order valence-electron chi connectivity index (χ2n) is 6.46. The van der Waals surface area contributed by atoms with E-state index in [9.17, 15) is 9.59 Å². The predicted octanol–water partition coefficient (Wildman–Crippen LogP) is 2.61. The molecule has 5 heteroatoms. The van der Waals surface area contributed by atoms with Crippen molar-refractivity contribution in [3.8, 4) is 0 Å². The van der Waals surface area contributed by atoms with E-state index in [-0.39, 0.29) is 23.7 Å². The maximum atomic E-state index is 12.8. The Labute approximate surface area is 141 Å². The van der Waals surface area contributed by atoms with Crippen molar-refractivity contribution in [1.82, 2.24) is 9.88 Å². The molecule has 1 aromatic carbocycles. The lowest BCUT2D eigenvalue weighted by atomic mass is 10.0. The van der Waals surface area contributed by atoms with Crippen LogP contribution < -0.4 is 5.56 Å². The first kappa shape index (κ1) is 16.5. The summed E-state index contributed by atoms with van der Waals surface area (Å²) in [5.41, 5.74) is 1.11. The molecule has 1 aliphatic rings. The summed E-state index contributed by atoms with van der Waals surface area (Å²) in [6, 6.07) is 14.6. The highest BCUT2D eigenvalue weighted by Crippen LogP contribution is 2.28. The Hall–Kier alpha value is -2.40. The molecule has 1 saturated heterocycles. The van der Waals surface area contributed by atoms with Crippen molar-refractivity contribution in [3.05, 3.63) is 70.1 Å². The Morgan fingerprint density at radius 3 is 2.54 bits per heavy atom. The zero-order chi connectivity index (χ0) is 17.1. The largest absolute Gasteiger partial charge is 0.366 e. The van der Waals surface area contributed by atoms with Crippen LogP contribution in [-0.4, -0.2) is 35.0 Å². The van der Waals surface area contributed by atoms with Crippen LogP contribution in [-0.2, 0) is 4.74 Å². The smallest absolute Gasteiger partial charge is 0.270 e. The summed E-state index contributed by atoms with van der Waals surface area (Å²) in [5.74, 6) is 0.129. The van der Waals surface area contributed by atoms with Crippen molar-refractivity contribution in [2.45, 2.75) is 26.1 Å². The topological polar surface area (TPSA) is 62.4 Å². The van der Waals surface area contributed by atoms with Crippen LogP contribution in [0, 0.1) is 5.92 Å². The highest BCUT2D eigenvalue weighted by molar-refractivity contribution is 5.92. The molecule has 0 saturated carbocycles. The standard InChI is InChI=1S/C19H22N2O3/c1-13(2)16-11-21(19(23)15-9-6-10-18(22)20-15)12-17(24-16)14-7-4-3-5-8-14/h3-10,13,16-17H,11-12H2,1-2H3,(H,20,22)/t16-,17+/m1/s1. The van der Waals surface area contributed by atoms with Crippen LogP contribution >= 0.6 is 0 Å². The molecule has 24 heavy (non-hydrogen) atoms. The summed E-state index contributed by atoms with van der Waals surface area (Å²) in [6.45, 7) is 5.18. The van der Waals surface area contributed by atoms with E-state index >= 15 is 0 Å². The van der Waals surface area contributed by atoms with Gasteiger partial charge in [-0.1, -0.05) is 50.2 Å². The number of amides is 1. The predicted molar refractivity (Wildman–Crippen MR) is 91.9 cm³/mol. The van der Waals surface area contributed by atoms with Gasteiger partial charge in [-0.2, -0.15) is 0 Å². The molecule has 5 nitrogen and oxygen atoms in total. The average Bonchev–Trinajstić information content (AvgIpc) is 2.61. The summed E-state index contributed by atoms with van der Waals surface area (Å²) in [7, 11) is 0. The van der Waals surface area contributed by atoms with Crippen molar-refractivity contribution in [1.29, 1.82) is 0 Å². The first-order chi connectivity index (χ1) is 11.5. The molecule has 0 aliphatic carbocycles. The highest BCUT2D eigenvalue weighted by Gasteiger charge is 2.33. The van der Waals surface area contributed by atoms with Crippen molar-refractivity contribution < 1.29 is 9.53 Å². The second kappa shape index (κ2) is 7.01. The minimum absolute atomic E-state index is 0.0386. The molecule has 0 radical (unpaired) electrons. The van der Waals surface area contributed by atoms with E-state index < -0.39 is 0 Å². The number of nitrogens with one attached hydrogen (secondary N) is 1. The van der Waals surface area contributed by atoms with Gasteiger partial charge in [-0.25, -0.2) is 0 Å². The minimum atomic E-state index is -0.269. The van der Waals surface area contributed by atoms with Gasteiger partial charge in [0.1, 0.15) is 11.8 Å². The fraction of sp³-hybridized carbons (Fsp3) is 0.368. The Balaban J connectivity index is 1.86. The maximum absolute atomic E-state index is 12.8. The lowest BCUT2D eigenvalue weighted by Gasteiger charge is -2.40. The van der Waals surface area contributed by atoms with Gasteiger partial charge in [0.2, 0.25) is 5.56 Å². The van der Waals surface area contributed by atoms with Crippen LogP contribution in [0.1, 0.15) is 36.0 Å². The number of nitrogens with zero attached hydrogens (tertiary/aromatic N) is 1. The molecule has 1 aromatic heterocycles. The number of rotatable bonds is 3. The number of ether oxygens (including phenoxy) is 1. The summed E-state index contributed by atoms with van der Waals surface area (Å²) in [5, 5.41) is 0. The average molecular weight is 326 g/mol. The molecule has 2 heterocycles. The zero-order valence-corrected chi connectivity index (χ0v) is 13.9. The lowest BCUT2D eigenvalue weighted by Crippen LogP contribution is -2.49. The number of morpholine rings is 1. The molecule has 0 spiro atoms. The Kier molecular flexibility index (Phi) is 4.81. The molecule has 126 valence electrons. The van der Waals surface area contributed by atoms with Gasteiger partial charge >= 0.3 is 0 Å². The van der Waals surface area contributed by atoms with E-state index in [1.165, 1.54) is 6.07 Å². The number of H-pyrrole nitrogens is 1. The number of aromatic amines is 1. The quantitative estimate of drug-likeness (QED) is 0.943. The minimum Gasteiger partial charge on any atom is -0.366 e. The Morgan fingerprint density at radius 1 is 1.12 bits per heavy atom. The lowest BCUT2D eigenvalue weighted by molar-refractivity contribution is -0.0955. The van der Waals surface area contributed by atoms with E-state index in [2.05, 4.69) is 18.8 Å². The molecule has 2 atom stereocenters. The van der Waals surface area contributed by atoms with Gasteiger partial charge in [-0.05, 0) is 17.5 Å². The number of carbonyl (C=O) groups excluding carboxylic acids is 1. The third-order valence-electron chi connectivity index (χ3n) is 4.33. The van der Waals surface area contributed by atoms with Crippen LogP contribution in [0.15, 0.2) is 53.3 Å². The zero-order valence-electron chi connectivity index (χ0n) is 13.9. The van der Waals surface area contributed by atoms with Crippen molar-refractivity contribution in [2.24, 2.45) is 5.92 Å². The summed E-state index contributed by atoms with van der Waals surface area (Å²) < 4.78 is 6.21. The van der Waals surface area contributed by atoms with Crippen LogP contribution in [0.4, 0.5) is 0 Å². The van der Waals surface area contributed by atoms with Crippen LogP contribution in [0.2, 0.25) is 0 Å².